The maximum Gasteiger partial charge on any atom is 0.306 e. The molecular formula is C56H54Cl2F4N12O4. The summed E-state index contributed by atoms with van der Waals surface area (Å²) in [7, 11) is 0. The molecule has 6 N–H and O–H groups in total. The number of amides is 2. The molecule has 0 aliphatic rings. The highest BCUT2D eigenvalue weighted by Crippen LogP contribution is 2.27. The zero-order valence-corrected chi connectivity index (χ0v) is 43.3. The molecule has 0 aliphatic carbocycles. The van der Waals surface area contributed by atoms with Crippen LogP contribution in [-0.4, -0.2) is 54.0 Å². The Hall–Kier alpha value is -8.30. The lowest BCUT2D eigenvalue weighted by molar-refractivity contribution is -0.122. The molecular weight excluding hydrogens is 1050 g/mol. The molecule has 4 aromatic carbocycles. The summed E-state index contributed by atoms with van der Waals surface area (Å²) in [6.45, 7) is 0.472. The van der Waals surface area contributed by atoms with Crippen LogP contribution in [0.15, 0.2) is 180 Å². The van der Waals surface area contributed by atoms with Crippen molar-refractivity contribution in [3.63, 3.8) is 0 Å². The zero-order chi connectivity index (χ0) is 55.3. The largest absolute Gasteiger partial charge is 0.359 e. The van der Waals surface area contributed by atoms with Gasteiger partial charge in [-0.3, -0.25) is 38.3 Å². The Labute approximate surface area is 456 Å². The van der Waals surface area contributed by atoms with Gasteiger partial charge in [0.05, 0.1) is 25.5 Å². The maximum atomic E-state index is 14.5. The minimum absolute atomic E-state index is 0.0947. The minimum atomic E-state index is -3.35. The average Bonchev–Trinajstić information content (AvgIpc) is 3.45. The summed E-state index contributed by atoms with van der Waals surface area (Å²) < 4.78 is 59.8. The Morgan fingerprint density at radius 3 is 1.15 bits per heavy atom. The van der Waals surface area contributed by atoms with Crippen molar-refractivity contribution < 1.29 is 27.2 Å². The number of alkyl halides is 4. The maximum absolute atomic E-state index is 14.5. The summed E-state index contributed by atoms with van der Waals surface area (Å²) in [4.78, 5) is 66.1. The Bertz CT molecular complexity index is 3130. The second-order valence-corrected chi connectivity index (χ2v) is 18.2. The highest BCUT2D eigenvalue weighted by Gasteiger charge is 2.34. The number of hydrogen-bond donors (Lipinski definition) is 6. The summed E-state index contributed by atoms with van der Waals surface area (Å²) in [6, 6.07) is 43.7. The molecule has 0 spiro atoms. The molecule has 0 saturated heterocycles. The van der Waals surface area contributed by atoms with Crippen LogP contribution < -0.4 is 43.0 Å². The molecule has 8 aromatic rings. The fraction of sp³-hybridized carbons (Fsp3) is 0.214. The minimum Gasteiger partial charge on any atom is -0.359 e. The topological polar surface area (TPSA) is 202 Å². The van der Waals surface area contributed by atoms with Gasteiger partial charge >= 0.3 is 11.8 Å². The van der Waals surface area contributed by atoms with Crippen LogP contribution in [0.1, 0.15) is 44.8 Å². The van der Waals surface area contributed by atoms with Crippen molar-refractivity contribution in [2.75, 3.05) is 23.7 Å². The van der Waals surface area contributed by atoms with Crippen molar-refractivity contribution in [2.45, 2.75) is 64.2 Å². The van der Waals surface area contributed by atoms with Crippen molar-refractivity contribution in [2.24, 2.45) is 0 Å². The molecule has 404 valence electrons. The summed E-state index contributed by atoms with van der Waals surface area (Å²) in [5, 5.41) is 16.9. The predicted octanol–water partition coefficient (Wildman–Crippen LogP) is 8.20. The molecule has 4 heterocycles. The molecule has 0 radical (unpaired) electrons. The van der Waals surface area contributed by atoms with E-state index < -0.39 is 72.3 Å². The fourth-order valence-electron chi connectivity index (χ4n) is 7.67. The van der Waals surface area contributed by atoms with Gasteiger partial charge in [0.25, 0.3) is 11.1 Å². The number of rotatable bonds is 24. The molecule has 0 aliphatic heterocycles. The van der Waals surface area contributed by atoms with E-state index in [2.05, 4.69) is 51.8 Å². The molecule has 78 heavy (non-hydrogen) atoms. The zero-order valence-electron chi connectivity index (χ0n) is 41.8. The lowest BCUT2D eigenvalue weighted by Crippen LogP contribution is -2.35. The number of carbonyl (C=O) groups excluding carboxylic acids is 2. The quantitative estimate of drug-likeness (QED) is 0.0317. The average molecular weight is 1110 g/mol. The van der Waals surface area contributed by atoms with E-state index in [1.807, 2.05) is 109 Å². The van der Waals surface area contributed by atoms with Crippen LogP contribution in [0.4, 0.5) is 29.2 Å². The van der Waals surface area contributed by atoms with Gasteiger partial charge in [-0.25, -0.2) is 9.97 Å². The third-order valence-corrected chi connectivity index (χ3v) is 12.4. The molecule has 4 aromatic heterocycles. The number of pyridine rings is 2. The molecule has 0 atom stereocenters. The van der Waals surface area contributed by atoms with Crippen molar-refractivity contribution in [1.82, 2.24) is 50.3 Å². The molecule has 0 saturated carbocycles. The van der Waals surface area contributed by atoms with E-state index in [-0.39, 0.29) is 35.0 Å². The van der Waals surface area contributed by atoms with Crippen LogP contribution in [-0.2, 0) is 73.8 Å². The highest BCUT2D eigenvalue weighted by molar-refractivity contribution is 6.29. The molecule has 0 bridgehead atoms. The van der Waals surface area contributed by atoms with Crippen LogP contribution in [0.5, 0.6) is 0 Å². The van der Waals surface area contributed by atoms with Crippen molar-refractivity contribution in [3.05, 3.63) is 246 Å². The van der Waals surface area contributed by atoms with E-state index in [0.29, 0.717) is 26.2 Å². The summed E-state index contributed by atoms with van der Waals surface area (Å²) >= 11 is 12.2. The Morgan fingerprint density at radius 2 is 0.795 bits per heavy atom. The summed E-state index contributed by atoms with van der Waals surface area (Å²) in [5.41, 5.74) is 3.73. The van der Waals surface area contributed by atoms with Crippen LogP contribution >= 0.6 is 23.2 Å². The van der Waals surface area contributed by atoms with E-state index in [4.69, 9.17) is 23.2 Å². The second kappa shape index (κ2) is 28.2. The number of halogens is 6. The van der Waals surface area contributed by atoms with Crippen LogP contribution in [0.2, 0.25) is 10.3 Å². The lowest BCUT2D eigenvalue weighted by Gasteiger charge is -2.17. The second-order valence-electron chi connectivity index (χ2n) is 17.5. The monoisotopic (exact) mass is 1100 g/mol. The third-order valence-electron chi connectivity index (χ3n) is 11.8. The van der Waals surface area contributed by atoms with E-state index >= 15 is 0 Å². The SMILES string of the molecule is O=C(Cn1c(Cl)cnc(NCC(F)(F)c2ccccn2)c1=O)NCc1ccccc1CNCc1ccccc1.O=C(Cn1c(Cl)cnc(NCC(F)(F)c2ccccn2)c1=O)NCc1ccccc1CNCc1ccccc1. The summed E-state index contributed by atoms with van der Waals surface area (Å²) in [5.74, 6) is -8.33. The first kappa shape index (κ1) is 57.4. The smallest absolute Gasteiger partial charge is 0.306 e. The third kappa shape index (κ3) is 16.8. The van der Waals surface area contributed by atoms with Gasteiger partial charge in [-0.15, -0.1) is 0 Å². The van der Waals surface area contributed by atoms with Gasteiger partial charge in [0, 0.05) is 51.7 Å². The number of carbonyl (C=O) groups is 2. The standard InChI is InChI=1S/2C28H27ClF2N6O2/c2*29-24-17-35-26(36-19-28(30,31)23-12-6-7-13-33-23)27(39)37(24)18-25(38)34-16-22-11-5-4-10-21(22)15-32-14-20-8-2-1-3-9-20/h2*1-13,17,32H,14-16,18-19H2,(H,34,38)(H,35,36). The number of hydrogen-bond acceptors (Lipinski definition) is 12. The molecule has 22 heteroatoms. The van der Waals surface area contributed by atoms with Crippen molar-refractivity contribution in [3.8, 4) is 0 Å². The Kier molecular flexibility index (Phi) is 20.7. The van der Waals surface area contributed by atoms with E-state index in [0.717, 1.165) is 54.9 Å². The predicted molar refractivity (Wildman–Crippen MR) is 291 cm³/mol. The molecule has 2 amide bonds. The number of nitrogens with one attached hydrogen (secondary N) is 6. The van der Waals surface area contributed by atoms with Gasteiger partial charge < -0.3 is 31.9 Å². The van der Waals surface area contributed by atoms with Gasteiger partial charge in [0.2, 0.25) is 11.8 Å². The van der Waals surface area contributed by atoms with E-state index in [9.17, 15) is 36.7 Å². The molecule has 0 fully saturated rings. The Morgan fingerprint density at radius 1 is 0.449 bits per heavy atom. The number of benzene rings is 4. The molecule has 8 rings (SSSR count). The first-order chi connectivity index (χ1) is 37.7. The number of anilines is 2. The molecule has 16 nitrogen and oxygen atoms in total. The van der Waals surface area contributed by atoms with Crippen molar-refractivity contribution >= 4 is 46.7 Å². The van der Waals surface area contributed by atoms with Crippen molar-refractivity contribution in [1.29, 1.82) is 0 Å². The number of aromatic nitrogens is 6. The van der Waals surface area contributed by atoms with Gasteiger partial charge in [0.1, 0.15) is 34.8 Å². The highest BCUT2D eigenvalue weighted by atomic mass is 35.5. The first-order valence-electron chi connectivity index (χ1n) is 24.4. The van der Waals surface area contributed by atoms with E-state index in [1.165, 1.54) is 48.8 Å². The van der Waals surface area contributed by atoms with Gasteiger partial charge in [0.15, 0.2) is 11.6 Å². The van der Waals surface area contributed by atoms with Gasteiger partial charge in [-0.1, -0.05) is 145 Å². The lowest BCUT2D eigenvalue weighted by atomic mass is 10.1. The Balaban J connectivity index is 0.000000226. The van der Waals surface area contributed by atoms with Gasteiger partial charge in [-0.05, 0) is 57.6 Å². The van der Waals surface area contributed by atoms with Crippen LogP contribution in [0.25, 0.3) is 0 Å². The molecule has 0 unspecified atom stereocenters. The summed E-state index contributed by atoms with van der Waals surface area (Å²) in [6.07, 6.45) is 4.78. The number of nitrogens with zero attached hydrogens (tertiary/aromatic N) is 6. The normalized spacial score (nSPS) is 11.3. The van der Waals surface area contributed by atoms with Crippen LogP contribution in [0.3, 0.4) is 0 Å². The van der Waals surface area contributed by atoms with E-state index in [1.54, 1.807) is 0 Å². The first-order valence-corrected chi connectivity index (χ1v) is 25.2. The fourth-order valence-corrected chi connectivity index (χ4v) is 8.04. The van der Waals surface area contributed by atoms with Gasteiger partial charge in [-0.2, -0.15) is 17.6 Å². The van der Waals surface area contributed by atoms with Crippen LogP contribution in [0, 0.1) is 0 Å².